The molecule has 0 amide bonds. The van der Waals surface area contributed by atoms with Gasteiger partial charge in [-0.25, -0.2) is 4.98 Å². The van der Waals surface area contributed by atoms with Crippen LogP contribution >= 0.6 is 34.4 Å². The van der Waals surface area contributed by atoms with Crippen LogP contribution in [-0.2, 0) is 18.7 Å². The summed E-state index contributed by atoms with van der Waals surface area (Å²) in [4.78, 5) is 4.64. The van der Waals surface area contributed by atoms with Crippen molar-refractivity contribution >= 4 is 39.6 Å². The van der Waals surface area contributed by atoms with Crippen LogP contribution in [0.1, 0.15) is 29.6 Å². The van der Waals surface area contributed by atoms with E-state index in [-0.39, 0.29) is 0 Å². The molecular formula is C16H18N4S3. The van der Waals surface area contributed by atoms with Gasteiger partial charge in [0, 0.05) is 17.7 Å². The van der Waals surface area contributed by atoms with Gasteiger partial charge in [-0.1, -0.05) is 60.4 Å². The Kier molecular flexibility index (Phi) is 6.01. The highest BCUT2D eigenvalue weighted by atomic mass is 32.2. The molecule has 0 atom stereocenters. The zero-order valence-corrected chi connectivity index (χ0v) is 15.3. The molecule has 0 spiro atoms. The largest absolute Gasteiger partial charge is 0.356 e. The summed E-state index contributed by atoms with van der Waals surface area (Å²) in [7, 11) is 0. The van der Waals surface area contributed by atoms with Gasteiger partial charge in [0.25, 0.3) is 0 Å². The molecule has 0 unspecified atom stereocenters. The van der Waals surface area contributed by atoms with Crippen molar-refractivity contribution in [3.8, 4) is 0 Å². The fourth-order valence-electron chi connectivity index (χ4n) is 1.99. The number of anilines is 1. The van der Waals surface area contributed by atoms with Crippen molar-refractivity contribution in [3.05, 3.63) is 52.0 Å². The molecule has 3 aromatic rings. The van der Waals surface area contributed by atoms with E-state index in [4.69, 9.17) is 0 Å². The molecule has 2 aromatic heterocycles. The Labute approximate surface area is 148 Å². The Morgan fingerprint density at radius 1 is 1.17 bits per heavy atom. The van der Waals surface area contributed by atoms with E-state index in [1.54, 1.807) is 34.4 Å². The number of benzene rings is 1. The van der Waals surface area contributed by atoms with Gasteiger partial charge in [0.15, 0.2) is 4.34 Å². The van der Waals surface area contributed by atoms with Crippen molar-refractivity contribution in [3.63, 3.8) is 0 Å². The number of aryl methyl sites for hydroxylation is 1. The lowest BCUT2D eigenvalue weighted by atomic mass is 10.2. The van der Waals surface area contributed by atoms with Gasteiger partial charge >= 0.3 is 0 Å². The molecule has 0 aliphatic rings. The van der Waals surface area contributed by atoms with E-state index >= 15 is 0 Å². The Bertz CT molecular complexity index is 724. The quantitative estimate of drug-likeness (QED) is 0.580. The number of hydrogen-bond donors (Lipinski definition) is 1. The van der Waals surface area contributed by atoms with Crippen LogP contribution < -0.4 is 5.32 Å². The average molecular weight is 363 g/mol. The van der Waals surface area contributed by atoms with E-state index in [2.05, 4.69) is 44.9 Å². The summed E-state index contributed by atoms with van der Waals surface area (Å²) in [6.07, 6.45) is 2.22. The lowest BCUT2D eigenvalue weighted by Gasteiger charge is -2.00. The zero-order valence-electron chi connectivity index (χ0n) is 12.9. The summed E-state index contributed by atoms with van der Waals surface area (Å²) >= 11 is 5.04. The van der Waals surface area contributed by atoms with E-state index in [9.17, 15) is 0 Å². The van der Waals surface area contributed by atoms with Crippen molar-refractivity contribution < 1.29 is 0 Å². The molecule has 2 heterocycles. The van der Waals surface area contributed by atoms with Gasteiger partial charge in [-0.05, 0) is 18.4 Å². The first-order chi connectivity index (χ1) is 11.3. The fraction of sp³-hybridized carbons (Fsp3) is 0.312. The third-order valence-electron chi connectivity index (χ3n) is 3.10. The molecule has 0 aliphatic heterocycles. The van der Waals surface area contributed by atoms with Crippen molar-refractivity contribution in [1.82, 2.24) is 15.2 Å². The van der Waals surface area contributed by atoms with Crippen LogP contribution in [0.4, 0.5) is 5.13 Å². The minimum Gasteiger partial charge on any atom is -0.356 e. The highest BCUT2D eigenvalue weighted by Crippen LogP contribution is 2.29. The first-order valence-corrected chi connectivity index (χ1v) is 10.2. The molecule has 1 N–H and O–H groups in total. The molecule has 0 saturated carbocycles. The summed E-state index contributed by atoms with van der Waals surface area (Å²) in [6, 6.07) is 10.3. The van der Waals surface area contributed by atoms with E-state index in [1.807, 2.05) is 18.2 Å². The first-order valence-electron chi connectivity index (χ1n) is 7.51. The molecule has 23 heavy (non-hydrogen) atoms. The van der Waals surface area contributed by atoms with Crippen LogP contribution in [0.5, 0.6) is 0 Å². The highest BCUT2D eigenvalue weighted by molar-refractivity contribution is 8.00. The lowest BCUT2D eigenvalue weighted by Crippen LogP contribution is -1.98. The van der Waals surface area contributed by atoms with Gasteiger partial charge < -0.3 is 5.32 Å². The maximum absolute atomic E-state index is 4.64. The number of nitrogens with one attached hydrogen (secondary N) is 1. The summed E-state index contributed by atoms with van der Waals surface area (Å²) in [5, 5.41) is 16.0. The van der Waals surface area contributed by atoms with Crippen LogP contribution in [0.2, 0.25) is 0 Å². The number of nitrogens with zero attached hydrogens (tertiary/aromatic N) is 3. The van der Waals surface area contributed by atoms with Gasteiger partial charge in [-0.2, -0.15) is 0 Å². The highest BCUT2D eigenvalue weighted by Gasteiger charge is 2.07. The molecular weight excluding hydrogens is 344 g/mol. The number of hydrogen-bond acceptors (Lipinski definition) is 7. The topological polar surface area (TPSA) is 50.7 Å². The second-order valence-corrected chi connectivity index (χ2v) is 8.13. The van der Waals surface area contributed by atoms with Crippen molar-refractivity contribution in [1.29, 1.82) is 0 Å². The fourth-order valence-corrected chi connectivity index (χ4v) is 4.64. The molecule has 7 heteroatoms. The van der Waals surface area contributed by atoms with Crippen LogP contribution in [0.25, 0.3) is 0 Å². The molecule has 0 fully saturated rings. The van der Waals surface area contributed by atoms with E-state index in [0.717, 1.165) is 40.3 Å². The monoisotopic (exact) mass is 362 g/mol. The Balaban J connectivity index is 1.48. The molecule has 1 aromatic carbocycles. The number of thioether (sulfide) groups is 1. The van der Waals surface area contributed by atoms with Crippen LogP contribution in [0.15, 0.2) is 40.1 Å². The predicted molar refractivity (Wildman–Crippen MR) is 99.3 cm³/mol. The second kappa shape index (κ2) is 8.42. The number of rotatable bonds is 8. The number of thiazole rings is 1. The summed E-state index contributed by atoms with van der Waals surface area (Å²) < 4.78 is 0.977. The molecule has 0 bridgehead atoms. The van der Waals surface area contributed by atoms with Crippen LogP contribution in [-0.4, -0.2) is 15.2 Å². The number of aromatic nitrogens is 3. The Hall–Kier alpha value is -1.44. The van der Waals surface area contributed by atoms with Gasteiger partial charge in [-0.15, -0.1) is 21.5 Å². The van der Waals surface area contributed by atoms with E-state index < -0.39 is 0 Å². The SMILES string of the molecule is CCCc1nc(CSc2nnc(NCc3ccccc3)s2)cs1. The van der Waals surface area contributed by atoms with Crippen LogP contribution in [0.3, 0.4) is 0 Å². The minimum atomic E-state index is 0.770. The van der Waals surface area contributed by atoms with Gasteiger partial charge in [-0.3, -0.25) is 0 Å². The normalized spacial score (nSPS) is 10.8. The van der Waals surface area contributed by atoms with E-state index in [0.29, 0.717) is 0 Å². The minimum absolute atomic E-state index is 0.770. The molecule has 3 rings (SSSR count). The van der Waals surface area contributed by atoms with Gasteiger partial charge in [0.2, 0.25) is 5.13 Å². The van der Waals surface area contributed by atoms with Gasteiger partial charge in [0.05, 0.1) is 10.7 Å². The van der Waals surface area contributed by atoms with E-state index in [1.165, 1.54) is 10.6 Å². The molecule has 0 radical (unpaired) electrons. The second-order valence-electron chi connectivity index (χ2n) is 4.98. The predicted octanol–water partition coefficient (Wildman–Crippen LogP) is 4.85. The molecule has 0 saturated heterocycles. The summed E-state index contributed by atoms with van der Waals surface area (Å²) in [5.41, 5.74) is 2.38. The van der Waals surface area contributed by atoms with Crippen LogP contribution in [0, 0.1) is 0 Å². The summed E-state index contributed by atoms with van der Waals surface area (Å²) in [5.74, 6) is 0.855. The maximum atomic E-state index is 4.64. The molecule has 120 valence electrons. The molecule has 4 nitrogen and oxygen atoms in total. The van der Waals surface area contributed by atoms with Crippen molar-refractivity contribution in [2.75, 3.05) is 5.32 Å². The smallest absolute Gasteiger partial charge is 0.206 e. The third kappa shape index (κ3) is 5.02. The first kappa shape index (κ1) is 16.4. The average Bonchev–Trinajstić information content (AvgIpc) is 3.22. The van der Waals surface area contributed by atoms with Crippen molar-refractivity contribution in [2.45, 2.75) is 36.4 Å². The standard InChI is InChI=1S/C16H18N4S3/c1-2-6-14-18-13(10-21-14)11-22-16-20-19-15(23-16)17-9-12-7-4-3-5-8-12/h3-5,7-8,10H,2,6,9,11H2,1H3,(H,17,19). The van der Waals surface area contributed by atoms with Gasteiger partial charge in [0.1, 0.15) is 0 Å². The third-order valence-corrected chi connectivity index (χ3v) is 6.11. The lowest BCUT2D eigenvalue weighted by molar-refractivity contribution is 0.902. The Morgan fingerprint density at radius 3 is 2.87 bits per heavy atom. The zero-order chi connectivity index (χ0) is 15.9. The Morgan fingerprint density at radius 2 is 2.04 bits per heavy atom. The maximum Gasteiger partial charge on any atom is 0.206 e. The van der Waals surface area contributed by atoms with Crippen molar-refractivity contribution in [2.24, 2.45) is 0 Å². The summed E-state index contributed by atoms with van der Waals surface area (Å²) in [6.45, 7) is 2.95. The molecule has 0 aliphatic carbocycles.